The lowest BCUT2D eigenvalue weighted by Gasteiger charge is -2.33. The third-order valence-electron chi connectivity index (χ3n) is 14.2. The zero-order chi connectivity index (χ0) is 45.0. The van der Waals surface area contributed by atoms with Crippen LogP contribution in [0.3, 0.4) is 0 Å². The lowest BCUT2D eigenvalue weighted by Crippen LogP contribution is -2.37. The molecule has 0 radical (unpaired) electrons. The second-order valence-corrected chi connectivity index (χ2v) is 31.3. The first-order valence-corrected chi connectivity index (χ1v) is 31.1. The first-order valence-electron chi connectivity index (χ1n) is 23.3. The molecule has 10 aromatic rings. The summed E-state index contributed by atoms with van der Waals surface area (Å²) in [6.45, 7) is 14.6. The van der Waals surface area contributed by atoms with Gasteiger partial charge in [0.15, 0.2) is 0 Å². The standard InChI is InChI=1S/C61H52N2SSi2/c1-65(2,3)46-34-29-43(30-35-46)62(41-19-9-7-10-20-41)45-33-38-50-54(39-45)61(52-26-16-13-23-48(52)49-24-14-17-27-53(49)61)55-40-56(60-59(58(50)55)51-25-15-18-28-57(51)64-60)63(42-21-11-8-12-22-42)44-31-36-47(37-32-44)66(4,5)6/h7-40H,1-6H3. The number of thiophene rings is 1. The number of fused-ring (bicyclic) bond motifs is 14. The zero-order valence-corrected chi connectivity index (χ0v) is 41.2. The second kappa shape index (κ2) is 15.1. The van der Waals surface area contributed by atoms with Crippen molar-refractivity contribution in [2.45, 2.75) is 44.7 Å². The van der Waals surface area contributed by atoms with Crippen LogP contribution in [0.15, 0.2) is 206 Å². The van der Waals surface area contributed by atoms with E-state index in [4.69, 9.17) is 0 Å². The van der Waals surface area contributed by atoms with Crippen LogP contribution >= 0.6 is 11.3 Å². The van der Waals surface area contributed by atoms with Gasteiger partial charge in [0, 0.05) is 43.9 Å². The fourth-order valence-corrected chi connectivity index (χ4v) is 14.6. The van der Waals surface area contributed by atoms with Crippen molar-refractivity contribution in [1.29, 1.82) is 0 Å². The van der Waals surface area contributed by atoms with Gasteiger partial charge in [0.25, 0.3) is 0 Å². The first-order chi connectivity index (χ1) is 32.0. The lowest BCUT2D eigenvalue weighted by atomic mass is 9.70. The highest BCUT2D eigenvalue weighted by Gasteiger charge is 2.53. The van der Waals surface area contributed by atoms with E-state index in [1.54, 1.807) is 0 Å². The topological polar surface area (TPSA) is 6.48 Å². The largest absolute Gasteiger partial charge is 0.310 e. The maximum absolute atomic E-state index is 2.59. The van der Waals surface area contributed by atoms with Crippen LogP contribution in [0.4, 0.5) is 34.1 Å². The van der Waals surface area contributed by atoms with Crippen molar-refractivity contribution in [2.24, 2.45) is 0 Å². The van der Waals surface area contributed by atoms with Crippen LogP contribution in [0.2, 0.25) is 39.3 Å². The molecule has 2 aliphatic rings. The molecule has 0 N–H and O–H groups in total. The molecule has 0 aliphatic heterocycles. The molecule has 0 bridgehead atoms. The van der Waals surface area contributed by atoms with Gasteiger partial charge in [0.1, 0.15) is 0 Å². The van der Waals surface area contributed by atoms with Gasteiger partial charge < -0.3 is 9.80 Å². The molecule has 320 valence electrons. The van der Waals surface area contributed by atoms with Crippen LogP contribution in [0, 0.1) is 0 Å². The summed E-state index contributed by atoms with van der Waals surface area (Å²) in [5.41, 5.74) is 17.0. The fourth-order valence-electron chi connectivity index (χ4n) is 11.0. The van der Waals surface area contributed by atoms with Gasteiger partial charge in [0.05, 0.1) is 32.0 Å². The monoisotopic (exact) mass is 900 g/mol. The van der Waals surface area contributed by atoms with E-state index in [2.05, 4.69) is 255 Å². The smallest absolute Gasteiger partial charge is 0.0775 e. The molecule has 2 aliphatic carbocycles. The van der Waals surface area contributed by atoms with Gasteiger partial charge in [-0.25, -0.2) is 0 Å². The second-order valence-electron chi connectivity index (χ2n) is 20.1. The molecule has 66 heavy (non-hydrogen) atoms. The molecule has 9 aromatic carbocycles. The van der Waals surface area contributed by atoms with E-state index in [-0.39, 0.29) is 0 Å². The van der Waals surface area contributed by atoms with Crippen molar-refractivity contribution >= 4 is 92.2 Å². The molecule has 0 unspecified atom stereocenters. The van der Waals surface area contributed by atoms with Crippen molar-refractivity contribution in [1.82, 2.24) is 0 Å². The van der Waals surface area contributed by atoms with E-state index in [1.807, 2.05) is 11.3 Å². The summed E-state index contributed by atoms with van der Waals surface area (Å²) in [6.07, 6.45) is 0. The van der Waals surface area contributed by atoms with Crippen molar-refractivity contribution in [3.8, 4) is 22.3 Å². The quantitative estimate of drug-likeness (QED) is 0.140. The number of nitrogens with zero attached hydrogens (tertiary/aromatic N) is 2. The molecular formula is C61H52N2SSi2. The Bertz CT molecular complexity index is 3440. The molecule has 0 atom stereocenters. The van der Waals surface area contributed by atoms with Gasteiger partial charge in [-0.3, -0.25) is 0 Å². The maximum Gasteiger partial charge on any atom is 0.0775 e. The Morgan fingerprint density at radius 3 is 1.42 bits per heavy atom. The Morgan fingerprint density at radius 2 is 0.848 bits per heavy atom. The summed E-state index contributed by atoms with van der Waals surface area (Å²) in [5, 5.41) is 5.55. The van der Waals surface area contributed by atoms with Crippen molar-refractivity contribution in [2.75, 3.05) is 9.80 Å². The van der Waals surface area contributed by atoms with Crippen LogP contribution in [0.5, 0.6) is 0 Å². The summed E-state index contributed by atoms with van der Waals surface area (Å²) >= 11 is 1.92. The van der Waals surface area contributed by atoms with Gasteiger partial charge >= 0.3 is 0 Å². The van der Waals surface area contributed by atoms with E-state index in [1.165, 1.54) is 86.4 Å². The summed E-state index contributed by atoms with van der Waals surface area (Å²) in [6, 6.07) is 78.3. The minimum absolute atomic E-state index is 0.589. The number of para-hydroxylation sites is 2. The Labute approximate surface area is 395 Å². The number of anilines is 6. The molecule has 12 rings (SSSR count). The van der Waals surface area contributed by atoms with E-state index in [0.29, 0.717) is 0 Å². The third kappa shape index (κ3) is 6.17. The van der Waals surface area contributed by atoms with Crippen molar-refractivity contribution in [3.63, 3.8) is 0 Å². The van der Waals surface area contributed by atoms with E-state index in [9.17, 15) is 0 Å². The average Bonchev–Trinajstić information content (AvgIpc) is 3.96. The molecule has 0 amide bonds. The number of rotatable bonds is 8. The van der Waals surface area contributed by atoms with E-state index < -0.39 is 21.6 Å². The minimum atomic E-state index is -1.54. The van der Waals surface area contributed by atoms with Crippen LogP contribution < -0.4 is 20.2 Å². The van der Waals surface area contributed by atoms with Crippen LogP contribution in [0.1, 0.15) is 22.3 Å². The predicted molar refractivity (Wildman–Crippen MR) is 291 cm³/mol. The molecule has 2 nitrogen and oxygen atoms in total. The number of benzene rings is 9. The highest BCUT2D eigenvalue weighted by molar-refractivity contribution is 7.26. The Morgan fingerprint density at radius 1 is 0.379 bits per heavy atom. The summed E-state index contributed by atoms with van der Waals surface area (Å²) in [4.78, 5) is 4.99. The minimum Gasteiger partial charge on any atom is -0.310 e. The molecule has 1 spiro atoms. The van der Waals surface area contributed by atoms with Crippen LogP contribution in [0.25, 0.3) is 42.4 Å². The molecule has 1 heterocycles. The lowest BCUT2D eigenvalue weighted by molar-refractivity contribution is 0.794. The molecule has 0 saturated heterocycles. The highest BCUT2D eigenvalue weighted by atomic mass is 32.1. The average molecular weight is 901 g/mol. The molecule has 1 aromatic heterocycles. The summed E-state index contributed by atoms with van der Waals surface area (Å²) in [7, 11) is -3.05. The Balaban J connectivity index is 1.20. The zero-order valence-electron chi connectivity index (χ0n) is 38.4. The van der Waals surface area contributed by atoms with Crippen molar-refractivity contribution in [3.05, 3.63) is 229 Å². The predicted octanol–water partition coefficient (Wildman–Crippen LogP) is 16.4. The van der Waals surface area contributed by atoms with Gasteiger partial charge in [-0.15, -0.1) is 11.3 Å². The highest BCUT2D eigenvalue weighted by Crippen LogP contribution is 2.66. The Hall–Kier alpha value is -6.77. The number of hydrogen-bond acceptors (Lipinski definition) is 3. The van der Waals surface area contributed by atoms with Gasteiger partial charge in [-0.05, 0) is 117 Å². The van der Waals surface area contributed by atoms with E-state index >= 15 is 0 Å². The summed E-state index contributed by atoms with van der Waals surface area (Å²) in [5.74, 6) is 0. The molecule has 0 saturated carbocycles. The maximum atomic E-state index is 2.59. The van der Waals surface area contributed by atoms with Gasteiger partial charge in [-0.2, -0.15) is 0 Å². The molecular weight excluding hydrogens is 849 g/mol. The SMILES string of the molecule is C[Si](C)(C)c1ccc(N(c2ccccc2)c2ccc3c(c2)C2(c4ccccc4-c4ccccc42)c2cc(N(c4ccccc4)c4ccc([Si](C)(C)C)cc4)c4sc5ccccc5c4c2-3)cc1. The molecule has 0 fully saturated rings. The van der Waals surface area contributed by atoms with E-state index in [0.717, 1.165) is 22.7 Å². The third-order valence-corrected chi connectivity index (χ3v) is 19.5. The fraction of sp³-hybridized carbons (Fsp3) is 0.115. The Kier molecular flexibility index (Phi) is 9.34. The molecule has 5 heteroatoms. The number of hydrogen-bond donors (Lipinski definition) is 0. The normalized spacial score (nSPS) is 13.4. The van der Waals surface area contributed by atoms with Crippen molar-refractivity contribution < 1.29 is 0 Å². The summed E-state index contributed by atoms with van der Waals surface area (Å²) < 4.78 is 2.60. The first kappa shape index (κ1) is 40.7. The van der Waals surface area contributed by atoms with Crippen LogP contribution in [-0.2, 0) is 5.41 Å². The van der Waals surface area contributed by atoms with Gasteiger partial charge in [-0.1, -0.05) is 183 Å². The van der Waals surface area contributed by atoms with Crippen LogP contribution in [-0.4, -0.2) is 16.1 Å². The van der Waals surface area contributed by atoms with Gasteiger partial charge in [0.2, 0.25) is 0 Å².